The Morgan fingerprint density at radius 2 is 1.74 bits per heavy atom. The monoisotopic (exact) mass is 258 g/mol. The van der Waals surface area contributed by atoms with Gasteiger partial charge in [0.15, 0.2) is 0 Å². The largest absolute Gasteiger partial charge is 0.277 e. The summed E-state index contributed by atoms with van der Waals surface area (Å²) in [4.78, 5) is 12.8. The van der Waals surface area contributed by atoms with Gasteiger partial charge < -0.3 is 0 Å². The Morgan fingerprint density at radius 1 is 1.11 bits per heavy atom. The first-order valence-corrected chi connectivity index (χ1v) is 7.38. The summed E-state index contributed by atoms with van der Waals surface area (Å²) in [6.07, 6.45) is 7.53. The summed E-state index contributed by atoms with van der Waals surface area (Å²) in [5.74, 6) is 6.28. The zero-order chi connectivity index (χ0) is 13.3. The molecule has 2 aliphatic rings. The van der Waals surface area contributed by atoms with Gasteiger partial charge in [0, 0.05) is 6.04 Å². The summed E-state index contributed by atoms with van der Waals surface area (Å²) in [7, 11) is 0. The minimum Gasteiger partial charge on any atom is -0.277 e. The Balaban J connectivity index is 1.83. The third-order valence-corrected chi connectivity index (χ3v) is 4.90. The maximum Gasteiger partial charge on any atom is 0.247 e. The first-order valence-electron chi connectivity index (χ1n) is 7.38. The number of amides is 1. The molecule has 0 atom stereocenters. The summed E-state index contributed by atoms with van der Waals surface area (Å²) in [5.41, 5.74) is 0.804. The molecule has 0 aliphatic heterocycles. The fourth-order valence-corrected chi connectivity index (χ4v) is 3.51. The maximum atomic E-state index is 12.8. The predicted molar refractivity (Wildman–Crippen MR) is 75.3 cm³/mol. The topological polar surface area (TPSA) is 46.3 Å². The van der Waals surface area contributed by atoms with Gasteiger partial charge in [-0.25, -0.2) is 5.84 Å². The first-order chi connectivity index (χ1) is 9.24. The maximum absolute atomic E-state index is 12.8. The molecule has 0 spiro atoms. The Morgan fingerprint density at radius 3 is 2.26 bits per heavy atom. The number of hydrogen-bond donors (Lipinski definition) is 1. The zero-order valence-electron chi connectivity index (χ0n) is 11.3. The van der Waals surface area contributed by atoms with Crippen molar-refractivity contribution in [1.29, 1.82) is 0 Å². The van der Waals surface area contributed by atoms with Gasteiger partial charge in [-0.05, 0) is 31.2 Å². The summed E-state index contributed by atoms with van der Waals surface area (Å²) in [6, 6.07) is 10.4. The number of nitrogens with zero attached hydrogens (tertiary/aromatic N) is 1. The summed E-state index contributed by atoms with van der Waals surface area (Å²) >= 11 is 0. The second-order valence-corrected chi connectivity index (χ2v) is 5.95. The van der Waals surface area contributed by atoms with Crippen LogP contribution in [0.1, 0.15) is 50.5 Å². The number of carbonyl (C=O) groups excluding carboxylic acids is 1. The molecule has 0 radical (unpaired) electrons. The van der Waals surface area contributed by atoms with Crippen molar-refractivity contribution in [3.63, 3.8) is 0 Å². The van der Waals surface area contributed by atoms with Gasteiger partial charge in [0.05, 0.1) is 5.41 Å². The smallest absolute Gasteiger partial charge is 0.247 e. The van der Waals surface area contributed by atoms with Crippen LogP contribution in [0.15, 0.2) is 30.3 Å². The highest BCUT2D eigenvalue weighted by molar-refractivity contribution is 5.89. The fourth-order valence-electron chi connectivity index (χ4n) is 3.51. The van der Waals surface area contributed by atoms with E-state index in [0.717, 1.165) is 37.7 Å². The van der Waals surface area contributed by atoms with E-state index in [1.54, 1.807) is 5.01 Å². The quantitative estimate of drug-likeness (QED) is 0.515. The van der Waals surface area contributed by atoms with Gasteiger partial charge in [-0.1, -0.05) is 49.6 Å². The van der Waals surface area contributed by atoms with Crippen molar-refractivity contribution in [1.82, 2.24) is 5.01 Å². The molecule has 3 nitrogen and oxygen atoms in total. The molecule has 102 valence electrons. The second kappa shape index (κ2) is 4.97. The molecular weight excluding hydrogens is 236 g/mol. The van der Waals surface area contributed by atoms with E-state index in [1.165, 1.54) is 12.8 Å². The molecule has 0 unspecified atom stereocenters. The molecule has 2 fully saturated rings. The van der Waals surface area contributed by atoms with Gasteiger partial charge >= 0.3 is 0 Å². The summed E-state index contributed by atoms with van der Waals surface area (Å²) < 4.78 is 0. The van der Waals surface area contributed by atoms with Crippen molar-refractivity contribution >= 4 is 5.91 Å². The molecule has 0 heterocycles. The van der Waals surface area contributed by atoms with E-state index < -0.39 is 0 Å². The second-order valence-electron chi connectivity index (χ2n) is 5.95. The molecule has 1 amide bonds. The zero-order valence-corrected chi connectivity index (χ0v) is 11.3. The van der Waals surface area contributed by atoms with E-state index in [9.17, 15) is 4.79 Å². The van der Waals surface area contributed by atoms with Crippen molar-refractivity contribution < 1.29 is 4.79 Å². The molecule has 19 heavy (non-hydrogen) atoms. The molecule has 2 saturated carbocycles. The molecule has 0 saturated heterocycles. The standard InChI is InChI=1S/C16H22N2O/c17-18(14-9-4-5-10-14)15(19)16(11-6-12-16)13-7-2-1-3-8-13/h1-3,7-8,14H,4-6,9-12,17H2. The molecule has 1 aromatic carbocycles. The average molecular weight is 258 g/mol. The van der Waals surface area contributed by atoms with Gasteiger partial charge in [0.2, 0.25) is 5.91 Å². The minimum absolute atomic E-state index is 0.136. The van der Waals surface area contributed by atoms with E-state index in [1.807, 2.05) is 18.2 Å². The van der Waals surface area contributed by atoms with Crippen molar-refractivity contribution in [2.45, 2.75) is 56.4 Å². The SMILES string of the molecule is NN(C(=O)C1(c2ccccc2)CCC1)C1CCCC1. The van der Waals surface area contributed by atoms with Crippen molar-refractivity contribution in [2.24, 2.45) is 5.84 Å². The van der Waals surface area contributed by atoms with Crippen LogP contribution in [0, 0.1) is 0 Å². The Bertz CT molecular complexity index is 447. The Kier molecular flexibility index (Phi) is 3.31. The molecule has 2 N–H and O–H groups in total. The van der Waals surface area contributed by atoms with Crippen LogP contribution < -0.4 is 5.84 Å². The van der Waals surface area contributed by atoms with Crippen LogP contribution in [0.3, 0.4) is 0 Å². The first kappa shape index (κ1) is 12.7. The van der Waals surface area contributed by atoms with E-state index in [2.05, 4.69) is 12.1 Å². The van der Waals surface area contributed by atoms with E-state index >= 15 is 0 Å². The van der Waals surface area contributed by atoms with Gasteiger partial charge in [0.25, 0.3) is 0 Å². The van der Waals surface area contributed by atoms with E-state index in [0.29, 0.717) is 0 Å². The number of hydrazine groups is 1. The van der Waals surface area contributed by atoms with Crippen LogP contribution in [0.2, 0.25) is 0 Å². The number of rotatable bonds is 3. The lowest BCUT2D eigenvalue weighted by Gasteiger charge is -2.44. The number of carbonyl (C=O) groups is 1. The Labute approximate surface area is 114 Å². The van der Waals surface area contributed by atoms with E-state index in [4.69, 9.17) is 5.84 Å². The highest BCUT2D eigenvalue weighted by Crippen LogP contribution is 2.45. The van der Waals surface area contributed by atoms with Crippen molar-refractivity contribution in [3.05, 3.63) is 35.9 Å². The lowest BCUT2D eigenvalue weighted by Crippen LogP contribution is -2.56. The summed E-state index contributed by atoms with van der Waals surface area (Å²) in [5, 5.41) is 1.55. The van der Waals surface area contributed by atoms with Crippen LogP contribution in [0.4, 0.5) is 0 Å². The number of benzene rings is 1. The molecule has 0 aromatic heterocycles. The van der Waals surface area contributed by atoms with Gasteiger partial charge in [0.1, 0.15) is 0 Å². The van der Waals surface area contributed by atoms with Gasteiger partial charge in [-0.3, -0.25) is 9.80 Å². The molecule has 3 heteroatoms. The Hall–Kier alpha value is -1.35. The molecular formula is C16H22N2O. The third kappa shape index (κ3) is 2.06. The normalized spacial score (nSPS) is 21.9. The lowest BCUT2D eigenvalue weighted by molar-refractivity contribution is -0.143. The van der Waals surface area contributed by atoms with Crippen LogP contribution in [-0.2, 0) is 10.2 Å². The van der Waals surface area contributed by atoms with Gasteiger partial charge in [-0.15, -0.1) is 0 Å². The fraction of sp³-hybridized carbons (Fsp3) is 0.562. The third-order valence-electron chi connectivity index (χ3n) is 4.90. The average Bonchev–Trinajstić information content (AvgIpc) is 2.91. The van der Waals surface area contributed by atoms with Crippen molar-refractivity contribution in [3.8, 4) is 0 Å². The molecule has 1 aromatic rings. The minimum atomic E-state index is -0.335. The number of hydrogen-bond acceptors (Lipinski definition) is 2. The molecule has 3 rings (SSSR count). The van der Waals surface area contributed by atoms with Crippen LogP contribution in [0.5, 0.6) is 0 Å². The number of nitrogens with two attached hydrogens (primary N) is 1. The van der Waals surface area contributed by atoms with Crippen LogP contribution in [0.25, 0.3) is 0 Å². The predicted octanol–water partition coefficient (Wildman–Crippen LogP) is 2.75. The molecule has 0 bridgehead atoms. The lowest BCUT2D eigenvalue weighted by atomic mass is 9.63. The molecule has 2 aliphatic carbocycles. The van der Waals surface area contributed by atoms with E-state index in [-0.39, 0.29) is 17.4 Å². The van der Waals surface area contributed by atoms with Gasteiger partial charge in [-0.2, -0.15) is 0 Å². The van der Waals surface area contributed by atoms with Crippen LogP contribution >= 0.6 is 0 Å². The van der Waals surface area contributed by atoms with Crippen molar-refractivity contribution in [2.75, 3.05) is 0 Å². The highest BCUT2D eigenvalue weighted by Gasteiger charge is 2.48. The highest BCUT2D eigenvalue weighted by atomic mass is 16.2. The summed E-state index contributed by atoms with van der Waals surface area (Å²) in [6.45, 7) is 0. The van der Waals surface area contributed by atoms with Crippen LogP contribution in [-0.4, -0.2) is 17.0 Å².